The van der Waals surface area contributed by atoms with Gasteiger partial charge in [-0.3, -0.25) is 0 Å². The number of nitrogens with zero attached hydrogens (tertiary/aromatic N) is 1. The number of aliphatic hydroxyl groups is 1. The smallest absolute Gasteiger partial charge is 0.122 e. The average Bonchev–Trinajstić information content (AvgIpc) is 2.53. The van der Waals surface area contributed by atoms with E-state index in [1.165, 1.54) is 57.8 Å². The SMILES string of the molecule is CCCCCCCCN(CCO)CCCCCCC(C)C=O. The van der Waals surface area contributed by atoms with E-state index in [4.69, 9.17) is 5.11 Å². The number of carbonyl (C=O) groups excluding carboxylic acids is 1. The lowest BCUT2D eigenvalue weighted by molar-refractivity contribution is -0.110. The van der Waals surface area contributed by atoms with Gasteiger partial charge in [-0.15, -0.1) is 0 Å². The van der Waals surface area contributed by atoms with Gasteiger partial charge in [0.05, 0.1) is 6.61 Å². The molecule has 0 aromatic carbocycles. The van der Waals surface area contributed by atoms with Gasteiger partial charge in [0.2, 0.25) is 0 Å². The molecule has 0 saturated heterocycles. The minimum absolute atomic E-state index is 0.221. The summed E-state index contributed by atoms with van der Waals surface area (Å²) in [6, 6.07) is 0. The van der Waals surface area contributed by atoms with Crippen molar-refractivity contribution < 1.29 is 9.90 Å². The maximum absolute atomic E-state index is 10.5. The van der Waals surface area contributed by atoms with Crippen molar-refractivity contribution in [2.75, 3.05) is 26.2 Å². The number of carbonyl (C=O) groups is 1. The molecule has 0 heterocycles. The van der Waals surface area contributed by atoms with Gasteiger partial charge in [-0.2, -0.15) is 0 Å². The largest absolute Gasteiger partial charge is 0.395 e. The molecule has 3 nitrogen and oxygen atoms in total. The van der Waals surface area contributed by atoms with E-state index in [0.29, 0.717) is 0 Å². The zero-order valence-corrected chi connectivity index (χ0v) is 15.1. The quantitative estimate of drug-likeness (QED) is 0.319. The number of hydrogen-bond donors (Lipinski definition) is 1. The van der Waals surface area contributed by atoms with Crippen molar-refractivity contribution >= 4 is 6.29 Å². The second-order valence-corrected chi connectivity index (χ2v) is 6.65. The number of hydrogen-bond acceptors (Lipinski definition) is 3. The molecule has 1 atom stereocenters. The Labute approximate surface area is 138 Å². The zero-order chi connectivity index (χ0) is 16.5. The van der Waals surface area contributed by atoms with Crippen molar-refractivity contribution in [3.63, 3.8) is 0 Å². The molecule has 0 aromatic heterocycles. The lowest BCUT2D eigenvalue weighted by Crippen LogP contribution is -2.29. The molecule has 0 rings (SSSR count). The maximum atomic E-state index is 10.5. The average molecular weight is 314 g/mol. The number of unbranched alkanes of at least 4 members (excludes halogenated alkanes) is 8. The van der Waals surface area contributed by atoms with Crippen molar-refractivity contribution in [2.24, 2.45) is 5.92 Å². The van der Waals surface area contributed by atoms with E-state index in [1.54, 1.807) is 0 Å². The minimum Gasteiger partial charge on any atom is -0.395 e. The van der Waals surface area contributed by atoms with Gasteiger partial charge in [0, 0.05) is 12.5 Å². The lowest BCUT2D eigenvalue weighted by atomic mass is 10.0. The van der Waals surface area contributed by atoms with E-state index in [-0.39, 0.29) is 12.5 Å². The van der Waals surface area contributed by atoms with Gasteiger partial charge < -0.3 is 14.8 Å². The van der Waals surface area contributed by atoms with Crippen LogP contribution >= 0.6 is 0 Å². The molecule has 0 amide bonds. The molecule has 0 spiro atoms. The Hall–Kier alpha value is -0.410. The Balaban J connectivity index is 3.52. The molecule has 3 heteroatoms. The van der Waals surface area contributed by atoms with Crippen LogP contribution in [0.25, 0.3) is 0 Å². The summed E-state index contributed by atoms with van der Waals surface area (Å²) in [6.07, 6.45) is 14.9. The fourth-order valence-electron chi connectivity index (χ4n) is 2.82. The summed E-state index contributed by atoms with van der Waals surface area (Å²) in [6.45, 7) is 7.58. The van der Waals surface area contributed by atoms with Crippen molar-refractivity contribution in [3.05, 3.63) is 0 Å². The Morgan fingerprint density at radius 3 is 1.95 bits per heavy atom. The molecule has 0 aliphatic rings. The second-order valence-electron chi connectivity index (χ2n) is 6.65. The fourth-order valence-corrected chi connectivity index (χ4v) is 2.82. The normalized spacial score (nSPS) is 12.7. The van der Waals surface area contributed by atoms with Crippen molar-refractivity contribution in [1.29, 1.82) is 0 Å². The third-order valence-corrected chi connectivity index (χ3v) is 4.36. The predicted octanol–water partition coefficient (Wildman–Crippen LogP) is 4.43. The molecule has 0 aliphatic heterocycles. The summed E-state index contributed by atoms with van der Waals surface area (Å²) >= 11 is 0. The van der Waals surface area contributed by atoms with Crippen LogP contribution in [0.1, 0.15) is 84.5 Å². The third-order valence-electron chi connectivity index (χ3n) is 4.36. The minimum atomic E-state index is 0.221. The summed E-state index contributed by atoms with van der Waals surface area (Å²) in [7, 11) is 0. The van der Waals surface area contributed by atoms with Crippen molar-refractivity contribution in [3.8, 4) is 0 Å². The van der Waals surface area contributed by atoms with Crippen LogP contribution in [0, 0.1) is 5.92 Å². The van der Waals surface area contributed by atoms with Gasteiger partial charge in [0.25, 0.3) is 0 Å². The van der Waals surface area contributed by atoms with E-state index < -0.39 is 0 Å². The van der Waals surface area contributed by atoms with Crippen LogP contribution in [0.3, 0.4) is 0 Å². The van der Waals surface area contributed by atoms with Crippen LogP contribution in [0.15, 0.2) is 0 Å². The van der Waals surface area contributed by atoms with E-state index >= 15 is 0 Å². The monoisotopic (exact) mass is 313 g/mol. The highest BCUT2D eigenvalue weighted by atomic mass is 16.3. The molecule has 0 aliphatic carbocycles. The molecule has 22 heavy (non-hydrogen) atoms. The summed E-state index contributed by atoms with van der Waals surface area (Å²) in [5.74, 6) is 0.221. The van der Waals surface area contributed by atoms with Crippen LogP contribution < -0.4 is 0 Å². The Morgan fingerprint density at radius 1 is 0.864 bits per heavy atom. The molecule has 0 aromatic rings. The van der Waals surface area contributed by atoms with Gasteiger partial charge >= 0.3 is 0 Å². The molecule has 0 fully saturated rings. The highest BCUT2D eigenvalue weighted by Crippen LogP contribution is 2.10. The van der Waals surface area contributed by atoms with Crippen LogP contribution in [0.2, 0.25) is 0 Å². The van der Waals surface area contributed by atoms with Crippen LogP contribution in [0.5, 0.6) is 0 Å². The summed E-state index contributed by atoms with van der Waals surface area (Å²) < 4.78 is 0. The fraction of sp³-hybridized carbons (Fsp3) is 0.947. The van der Waals surface area contributed by atoms with E-state index in [2.05, 4.69) is 11.8 Å². The first-order chi connectivity index (χ1) is 10.7. The number of aldehydes is 1. The van der Waals surface area contributed by atoms with Crippen molar-refractivity contribution in [1.82, 2.24) is 4.90 Å². The van der Waals surface area contributed by atoms with E-state index in [9.17, 15) is 4.79 Å². The van der Waals surface area contributed by atoms with E-state index in [0.717, 1.165) is 38.8 Å². The van der Waals surface area contributed by atoms with Crippen LogP contribution in [-0.2, 0) is 4.79 Å². The van der Waals surface area contributed by atoms with Crippen molar-refractivity contribution in [2.45, 2.75) is 84.5 Å². The summed E-state index contributed by atoms with van der Waals surface area (Å²) in [5, 5.41) is 9.16. The second kappa shape index (κ2) is 17.0. The summed E-state index contributed by atoms with van der Waals surface area (Å²) in [5.41, 5.74) is 0. The lowest BCUT2D eigenvalue weighted by Gasteiger charge is -2.21. The highest BCUT2D eigenvalue weighted by molar-refractivity contribution is 5.52. The first-order valence-electron chi connectivity index (χ1n) is 9.53. The predicted molar refractivity (Wildman–Crippen MR) is 95.2 cm³/mol. The molecule has 0 saturated carbocycles. The van der Waals surface area contributed by atoms with Gasteiger partial charge in [-0.05, 0) is 32.4 Å². The molecule has 1 unspecified atom stereocenters. The summed E-state index contributed by atoms with van der Waals surface area (Å²) in [4.78, 5) is 12.9. The first-order valence-corrected chi connectivity index (χ1v) is 9.53. The molecule has 132 valence electrons. The topological polar surface area (TPSA) is 40.5 Å². The van der Waals surface area contributed by atoms with Crippen LogP contribution in [-0.4, -0.2) is 42.5 Å². The zero-order valence-electron chi connectivity index (χ0n) is 15.1. The molecule has 0 radical (unpaired) electrons. The van der Waals surface area contributed by atoms with Gasteiger partial charge in [-0.1, -0.05) is 65.2 Å². The Bertz CT molecular complexity index is 233. The molecular formula is C19H39NO2. The Kier molecular flexibility index (Phi) is 16.6. The standard InChI is InChI=1S/C19H39NO2/c1-3-4-5-6-8-11-14-20(16-17-21)15-12-9-7-10-13-19(2)18-22/h18-19,21H,3-17H2,1-2H3. The van der Waals surface area contributed by atoms with Gasteiger partial charge in [0.15, 0.2) is 0 Å². The first kappa shape index (κ1) is 21.6. The van der Waals surface area contributed by atoms with E-state index in [1.807, 2.05) is 6.92 Å². The van der Waals surface area contributed by atoms with Gasteiger partial charge in [0.1, 0.15) is 6.29 Å². The number of rotatable bonds is 17. The van der Waals surface area contributed by atoms with Crippen LogP contribution in [0.4, 0.5) is 0 Å². The van der Waals surface area contributed by atoms with Gasteiger partial charge in [-0.25, -0.2) is 0 Å². The molecular weight excluding hydrogens is 274 g/mol. The highest BCUT2D eigenvalue weighted by Gasteiger charge is 2.04. The third kappa shape index (κ3) is 14.5. The molecule has 1 N–H and O–H groups in total. The maximum Gasteiger partial charge on any atom is 0.122 e. The Morgan fingerprint density at radius 2 is 1.41 bits per heavy atom. The molecule has 0 bridgehead atoms. The number of aliphatic hydroxyl groups excluding tert-OH is 1.